The van der Waals surface area contributed by atoms with E-state index in [9.17, 15) is 0 Å². The van der Waals surface area contributed by atoms with Gasteiger partial charge in [-0.1, -0.05) is 0 Å². The van der Waals surface area contributed by atoms with Crippen molar-refractivity contribution in [3.05, 3.63) is 55.2 Å². The van der Waals surface area contributed by atoms with Crippen molar-refractivity contribution in [2.75, 3.05) is 0 Å². The van der Waals surface area contributed by atoms with E-state index in [-0.39, 0.29) is 0 Å². The number of rotatable bonds is 2. The van der Waals surface area contributed by atoms with Crippen molar-refractivity contribution in [1.82, 2.24) is 9.97 Å². The summed E-state index contributed by atoms with van der Waals surface area (Å²) in [6.45, 7) is 3.75. The largest absolute Gasteiger partial charge is 0.259 e. The monoisotopic (exact) mass is 516 g/mol. The lowest BCUT2D eigenvalue weighted by atomic mass is 9.91. The van der Waals surface area contributed by atoms with Gasteiger partial charge in [0.05, 0.1) is 35.4 Å². The Morgan fingerprint density at radius 2 is 1.64 bits per heavy atom. The Morgan fingerprint density at radius 1 is 1.05 bits per heavy atom. The molecule has 0 bridgehead atoms. The van der Waals surface area contributed by atoms with Crippen LogP contribution in [0.4, 0.5) is 0 Å². The summed E-state index contributed by atoms with van der Waals surface area (Å²) < 4.78 is 2.10. The van der Waals surface area contributed by atoms with E-state index >= 15 is 0 Å². The van der Waals surface area contributed by atoms with Crippen LogP contribution in [-0.2, 0) is 11.8 Å². The Kier molecular flexibility index (Phi) is 7.69. The Labute approximate surface area is 157 Å². The minimum atomic E-state index is -0.488. The molecule has 0 aromatic carbocycles. The average Bonchev–Trinajstić information content (AvgIpc) is 2.51. The van der Waals surface area contributed by atoms with Gasteiger partial charge in [0, 0.05) is 19.5 Å². The van der Waals surface area contributed by atoms with Crippen molar-refractivity contribution in [2.45, 2.75) is 25.7 Å². The molecule has 0 amide bonds. The highest BCUT2D eigenvalue weighted by Crippen LogP contribution is 2.24. The van der Waals surface area contributed by atoms with E-state index in [1.807, 2.05) is 38.1 Å². The predicted molar refractivity (Wildman–Crippen MR) is 102 cm³/mol. The van der Waals surface area contributed by atoms with Gasteiger partial charge in [-0.3, -0.25) is 9.97 Å². The summed E-state index contributed by atoms with van der Waals surface area (Å²) in [4.78, 5) is 8.23. The van der Waals surface area contributed by atoms with Crippen LogP contribution >= 0.6 is 45.2 Å². The zero-order chi connectivity index (χ0) is 16.6. The van der Waals surface area contributed by atoms with E-state index in [0.717, 1.165) is 18.5 Å². The maximum atomic E-state index is 8.88. The fourth-order valence-corrected chi connectivity index (χ4v) is 3.08. The minimum absolute atomic E-state index is 0.402. The van der Waals surface area contributed by atoms with Crippen molar-refractivity contribution >= 4 is 45.2 Å². The van der Waals surface area contributed by atoms with E-state index in [1.165, 1.54) is 0 Å². The van der Waals surface area contributed by atoms with Gasteiger partial charge in [-0.05, 0) is 83.3 Å². The number of halogens is 2. The normalized spacial score (nSPS) is 9.91. The summed E-state index contributed by atoms with van der Waals surface area (Å²) in [7, 11) is 0. The molecule has 2 heterocycles. The summed E-state index contributed by atoms with van der Waals surface area (Å²) in [5, 5.41) is 17.2. The highest BCUT2D eigenvalue weighted by atomic mass is 127. The zero-order valence-electron chi connectivity index (χ0n) is 12.2. The van der Waals surface area contributed by atoms with Crippen LogP contribution in [0.3, 0.4) is 0 Å². The molecule has 0 fully saturated rings. The molecule has 0 spiro atoms. The highest BCUT2D eigenvalue weighted by molar-refractivity contribution is 14.1. The number of nitriles is 2. The van der Waals surface area contributed by atoms with Crippen LogP contribution in [-0.4, -0.2) is 9.97 Å². The van der Waals surface area contributed by atoms with E-state index < -0.39 is 5.41 Å². The van der Waals surface area contributed by atoms with Gasteiger partial charge < -0.3 is 0 Å². The van der Waals surface area contributed by atoms with Crippen molar-refractivity contribution in [3.8, 4) is 12.1 Å². The van der Waals surface area contributed by atoms with Gasteiger partial charge in [0.15, 0.2) is 0 Å². The molecule has 22 heavy (non-hydrogen) atoms. The first kappa shape index (κ1) is 18.8. The first-order chi connectivity index (χ1) is 10.4. The van der Waals surface area contributed by atoms with Gasteiger partial charge in [0.1, 0.15) is 0 Å². The molecule has 0 radical (unpaired) electrons. The van der Waals surface area contributed by atoms with Crippen molar-refractivity contribution in [1.29, 1.82) is 10.5 Å². The minimum Gasteiger partial charge on any atom is -0.259 e. The van der Waals surface area contributed by atoms with Gasteiger partial charge in [-0.15, -0.1) is 0 Å². The maximum absolute atomic E-state index is 8.88. The summed E-state index contributed by atoms with van der Waals surface area (Å²) in [5.41, 5.74) is 1.23. The Balaban J connectivity index is 0.000000224. The van der Waals surface area contributed by atoms with Gasteiger partial charge >= 0.3 is 0 Å². The van der Waals surface area contributed by atoms with E-state index in [4.69, 9.17) is 10.5 Å². The molecule has 6 heteroatoms. The van der Waals surface area contributed by atoms with E-state index in [2.05, 4.69) is 67.3 Å². The fourth-order valence-electron chi connectivity index (χ4n) is 1.52. The van der Waals surface area contributed by atoms with Gasteiger partial charge in [-0.25, -0.2) is 0 Å². The van der Waals surface area contributed by atoms with Gasteiger partial charge in [0.2, 0.25) is 0 Å². The number of hydrogen-bond donors (Lipinski definition) is 0. The van der Waals surface area contributed by atoms with Crippen LogP contribution in [0.5, 0.6) is 0 Å². The lowest BCUT2D eigenvalue weighted by molar-refractivity contribution is 0.654. The summed E-state index contributed by atoms with van der Waals surface area (Å²) in [6.07, 6.45) is 3.82. The molecule has 0 atom stereocenters. The molecule has 0 unspecified atom stereocenters. The third-order valence-electron chi connectivity index (χ3n) is 2.71. The van der Waals surface area contributed by atoms with Crippen molar-refractivity contribution in [3.63, 3.8) is 0 Å². The molecule has 0 saturated carbocycles. The Morgan fingerprint density at radius 3 is 2.14 bits per heavy atom. The van der Waals surface area contributed by atoms with Gasteiger partial charge in [0.25, 0.3) is 0 Å². The maximum Gasteiger partial charge on any atom is 0.0947 e. The number of aromatic nitrogens is 2. The smallest absolute Gasteiger partial charge is 0.0947 e. The molecule has 0 aliphatic rings. The first-order valence-electron chi connectivity index (χ1n) is 6.41. The standard InChI is InChI=1S/C9H9IN2.C7H5IN2/c1-9(2,6-11)8-7(10)4-3-5-12-8;8-6-2-1-5-10-7(6)3-4-9/h3-5H,1-2H3;1-2,5H,3H2. The average molecular weight is 516 g/mol. The molecule has 112 valence electrons. The summed E-state index contributed by atoms with van der Waals surface area (Å²) in [5.74, 6) is 0. The molecular formula is C16H14I2N4. The quantitative estimate of drug-likeness (QED) is 0.561. The molecule has 2 rings (SSSR count). The number of hydrogen-bond acceptors (Lipinski definition) is 4. The number of pyridine rings is 2. The lowest BCUT2D eigenvalue weighted by Gasteiger charge is -2.15. The van der Waals surface area contributed by atoms with E-state index in [0.29, 0.717) is 6.42 Å². The van der Waals surface area contributed by atoms with Gasteiger partial charge in [-0.2, -0.15) is 10.5 Å². The Hall–Kier alpha value is -1.26. The zero-order valence-corrected chi connectivity index (χ0v) is 16.5. The molecule has 2 aromatic heterocycles. The molecule has 4 nitrogen and oxygen atoms in total. The first-order valence-corrected chi connectivity index (χ1v) is 8.56. The van der Waals surface area contributed by atoms with Crippen molar-refractivity contribution in [2.24, 2.45) is 0 Å². The predicted octanol–water partition coefficient (Wildman–Crippen LogP) is 4.24. The van der Waals surface area contributed by atoms with Crippen LogP contribution in [0.1, 0.15) is 25.2 Å². The molecule has 0 saturated heterocycles. The molecule has 0 aliphatic heterocycles. The fraction of sp³-hybridized carbons (Fsp3) is 0.250. The molecule has 2 aromatic rings. The van der Waals surface area contributed by atoms with Crippen LogP contribution in [0.2, 0.25) is 0 Å². The van der Waals surface area contributed by atoms with Crippen LogP contribution in [0.25, 0.3) is 0 Å². The van der Waals surface area contributed by atoms with Crippen LogP contribution in [0, 0.1) is 29.8 Å². The summed E-state index contributed by atoms with van der Waals surface area (Å²) in [6, 6.07) is 11.9. The second-order valence-corrected chi connectivity index (χ2v) is 7.16. The van der Waals surface area contributed by atoms with Crippen LogP contribution in [0.15, 0.2) is 36.7 Å². The third-order valence-corrected chi connectivity index (χ3v) is 4.56. The van der Waals surface area contributed by atoms with E-state index in [1.54, 1.807) is 12.4 Å². The molecule has 0 aliphatic carbocycles. The van der Waals surface area contributed by atoms with Crippen LogP contribution < -0.4 is 0 Å². The topological polar surface area (TPSA) is 73.4 Å². The molecular weight excluding hydrogens is 502 g/mol. The lowest BCUT2D eigenvalue weighted by Crippen LogP contribution is -2.17. The SMILES string of the molecule is CC(C)(C#N)c1ncccc1I.N#CCc1ncccc1I. The highest BCUT2D eigenvalue weighted by Gasteiger charge is 2.23. The molecule has 0 N–H and O–H groups in total. The summed E-state index contributed by atoms with van der Waals surface area (Å²) >= 11 is 4.37. The number of nitrogens with zero attached hydrogens (tertiary/aromatic N) is 4. The third kappa shape index (κ3) is 5.50. The second-order valence-electron chi connectivity index (χ2n) is 4.84. The van der Waals surface area contributed by atoms with Crippen molar-refractivity contribution < 1.29 is 0 Å². The second kappa shape index (κ2) is 9.01. The Bertz CT molecular complexity index is 715.